The summed E-state index contributed by atoms with van der Waals surface area (Å²) in [7, 11) is 0. The maximum absolute atomic E-state index is 13.4. The molecule has 0 unspecified atom stereocenters. The number of benzene rings is 2. The van der Waals surface area contributed by atoms with Gasteiger partial charge in [-0.15, -0.1) is 0 Å². The first-order valence-electron chi connectivity index (χ1n) is 6.71. The molecule has 0 aliphatic carbocycles. The highest BCUT2D eigenvalue weighted by molar-refractivity contribution is 5.83. The summed E-state index contributed by atoms with van der Waals surface area (Å²) in [5.74, 6) is -0.218. The van der Waals surface area contributed by atoms with Crippen LogP contribution >= 0.6 is 0 Å². The Morgan fingerprint density at radius 1 is 1.10 bits per heavy atom. The fraction of sp³-hybridized carbons (Fsp3) is 0.176. The first-order valence-corrected chi connectivity index (χ1v) is 6.71. The second kappa shape index (κ2) is 5.10. The van der Waals surface area contributed by atoms with Crippen molar-refractivity contribution in [3.63, 3.8) is 0 Å². The van der Waals surface area contributed by atoms with Crippen molar-refractivity contribution in [3.05, 3.63) is 71.2 Å². The van der Waals surface area contributed by atoms with E-state index in [-0.39, 0.29) is 5.82 Å². The van der Waals surface area contributed by atoms with Gasteiger partial charge in [-0.1, -0.05) is 18.2 Å². The van der Waals surface area contributed by atoms with Crippen LogP contribution in [0.1, 0.15) is 16.7 Å². The third-order valence-electron chi connectivity index (χ3n) is 3.76. The lowest BCUT2D eigenvalue weighted by atomic mass is 10.1. The number of fused-ring (bicyclic) bond motifs is 1. The maximum atomic E-state index is 13.4. The van der Waals surface area contributed by atoms with Crippen molar-refractivity contribution in [2.24, 2.45) is 5.73 Å². The van der Waals surface area contributed by atoms with E-state index in [0.29, 0.717) is 13.1 Å². The quantitative estimate of drug-likeness (QED) is 0.773. The Morgan fingerprint density at radius 2 is 1.95 bits per heavy atom. The van der Waals surface area contributed by atoms with Crippen LogP contribution in [-0.2, 0) is 13.1 Å². The summed E-state index contributed by atoms with van der Waals surface area (Å²) in [6, 6.07) is 13.1. The van der Waals surface area contributed by atoms with Gasteiger partial charge in [0, 0.05) is 30.2 Å². The molecule has 3 rings (SSSR count). The van der Waals surface area contributed by atoms with Crippen molar-refractivity contribution in [1.82, 2.24) is 4.57 Å². The van der Waals surface area contributed by atoms with Crippen LogP contribution < -0.4 is 5.73 Å². The molecule has 0 aliphatic heterocycles. The molecule has 2 N–H and O–H groups in total. The SMILES string of the molecule is Cc1cccc2c1ccn2Cc1cc(F)ccc1CN. The van der Waals surface area contributed by atoms with Crippen molar-refractivity contribution in [2.75, 3.05) is 0 Å². The zero-order valence-corrected chi connectivity index (χ0v) is 11.4. The van der Waals surface area contributed by atoms with Gasteiger partial charge in [-0.2, -0.15) is 0 Å². The fourth-order valence-corrected chi connectivity index (χ4v) is 2.64. The Labute approximate surface area is 117 Å². The van der Waals surface area contributed by atoms with Gasteiger partial charge in [-0.05, 0) is 47.9 Å². The Morgan fingerprint density at radius 3 is 2.75 bits per heavy atom. The zero-order chi connectivity index (χ0) is 14.1. The van der Waals surface area contributed by atoms with Gasteiger partial charge in [0.1, 0.15) is 5.82 Å². The Balaban J connectivity index is 2.06. The molecule has 0 aliphatic rings. The molecule has 20 heavy (non-hydrogen) atoms. The molecular weight excluding hydrogens is 251 g/mol. The van der Waals surface area contributed by atoms with E-state index in [2.05, 4.69) is 29.7 Å². The van der Waals surface area contributed by atoms with Gasteiger partial charge in [0.05, 0.1) is 0 Å². The summed E-state index contributed by atoms with van der Waals surface area (Å²) < 4.78 is 15.6. The maximum Gasteiger partial charge on any atom is 0.123 e. The number of nitrogens with two attached hydrogens (primary N) is 1. The summed E-state index contributed by atoms with van der Waals surface area (Å²) in [5, 5.41) is 1.23. The molecule has 0 bridgehead atoms. The highest BCUT2D eigenvalue weighted by Crippen LogP contribution is 2.21. The third-order valence-corrected chi connectivity index (χ3v) is 3.76. The summed E-state index contributed by atoms with van der Waals surface area (Å²) in [4.78, 5) is 0. The number of hydrogen-bond donors (Lipinski definition) is 1. The molecule has 0 spiro atoms. The van der Waals surface area contributed by atoms with Gasteiger partial charge >= 0.3 is 0 Å². The summed E-state index contributed by atoms with van der Waals surface area (Å²) in [6.45, 7) is 3.16. The molecule has 1 aromatic heterocycles. The molecule has 0 saturated heterocycles. The Kier molecular flexibility index (Phi) is 3.28. The average molecular weight is 268 g/mol. The minimum Gasteiger partial charge on any atom is -0.343 e. The second-order valence-electron chi connectivity index (χ2n) is 5.07. The summed E-state index contributed by atoms with van der Waals surface area (Å²) >= 11 is 0. The summed E-state index contributed by atoms with van der Waals surface area (Å²) in [6.07, 6.45) is 2.04. The van der Waals surface area contributed by atoms with Crippen LogP contribution in [0.3, 0.4) is 0 Å². The van der Waals surface area contributed by atoms with Gasteiger partial charge < -0.3 is 10.3 Å². The van der Waals surface area contributed by atoms with Crippen LogP contribution in [0.15, 0.2) is 48.7 Å². The van der Waals surface area contributed by atoms with Gasteiger partial charge in [-0.3, -0.25) is 0 Å². The number of rotatable bonds is 3. The van der Waals surface area contributed by atoms with Crippen molar-refractivity contribution in [1.29, 1.82) is 0 Å². The largest absolute Gasteiger partial charge is 0.343 e. The molecule has 0 saturated carbocycles. The molecule has 1 heterocycles. The van der Waals surface area contributed by atoms with Gasteiger partial charge in [0.2, 0.25) is 0 Å². The van der Waals surface area contributed by atoms with Crippen LogP contribution in [0, 0.1) is 12.7 Å². The second-order valence-corrected chi connectivity index (χ2v) is 5.07. The van der Waals surface area contributed by atoms with Crippen LogP contribution in [0.2, 0.25) is 0 Å². The molecule has 3 heteroatoms. The van der Waals surface area contributed by atoms with E-state index in [1.165, 1.54) is 17.0 Å². The molecule has 3 aromatic rings. The van der Waals surface area contributed by atoms with Gasteiger partial charge in [0.25, 0.3) is 0 Å². The topological polar surface area (TPSA) is 30.9 Å². The molecule has 0 fully saturated rings. The first kappa shape index (κ1) is 12.9. The average Bonchev–Trinajstić information content (AvgIpc) is 2.84. The zero-order valence-electron chi connectivity index (χ0n) is 11.4. The Hall–Kier alpha value is -2.13. The Bertz CT molecular complexity index is 759. The van der Waals surface area contributed by atoms with Gasteiger partial charge in [0.15, 0.2) is 0 Å². The van der Waals surface area contributed by atoms with E-state index in [0.717, 1.165) is 16.6 Å². The van der Waals surface area contributed by atoms with E-state index in [9.17, 15) is 4.39 Å². The monoisotopic (exact) mass is 268 g/mol. The smallest absolute Gasteiger partial charge is 0.123 e. The number of hydrogen-bond acceptors (Lipinski definition) is 1. The van der Waals surface area contributed by atoms with E-state index in [1.807, 2.05) is 12.3 Å². The molecule has 2 nitrogen and oxygen atoms in total. The standard InChI is InChI=1S/C17H17FN2/c1-12-3-2-4-17-16(12)7-8-20(17)11-14-9-15(18)6-5-13(14)10-19/h2-9H,10-11,19H2,1H3. The number of halogens is 1. The lowest BCUT2D eigenvalue weighted by molar-refractivity contribution is 0.622. The lowest BCUT2D eigenvalue weighted by Gasteiger charge is -2.10. The molecule has 2 aromatic carbocycles. The molecule has 0 amide bonds. The molecule has 0 radical (unpaired) electrons. The van der Waals surface area contributed by atoms with Crippen molar-refractivity contribution in [3.8, 4) is 0 Å². The molecule has 0 atom stereocenters. The predicted molar refractivity (Wildman–Crippen MR) is 80.1 cm³/mol. The highest BCUT2D eigenvalue weighted by Gasteiger charge is 2.07. The molecular formula is C17H17FN2. The number of aryl methyl sites for hydroxylation is 1. The number of aromatic nitrogens is 1. The van der Waals surface area contributed by atoms with E-state index in [1.54, 1.807) is 12.1 Å². The summed E-state index contributed by atoms with van der Waals surface area (Å²) in [5.41, 5.74) is 10.1. The third kappa shape index (κ3) is 2.21. The van der Waals surface area contributed by atoms with Crippen LogP contribution in [0.5, 0.6) is 0 Å². The van der Waals surface area contributed by atoms with Gasteiger partial charge in [-0.25, -0.2) is 4.39 Å². The normalized spacial score (nSPS) is 11.2. The van der Waals surface area contributed by atoms with Crippen LogP contribution in [-0.4, -0.2) is 4.57 Å². The highest BCUT2D eigenvalue weighted by atomic mass is 19.1. The predicted octanol–water partition coefficient (Wildman–Crippen LogP) is 3.60. The van der Waals surface area contributed by atoms with Crippen molar-refractivity contribution < 1.29 is 4.39 Å². The minimum absolute atomic E-state index is 0.218. The van der Waals surface area contributed by atoms with E-state index in [4.69, 9.17) is 5.73 Å². The van der Waals surface area contributed by atoms with E-state index >= 15 is 0 Å². The lowest BCUT2D eigenvalue weighted by Crippen LogP contribution is -2.06. The van der Waals surface area contributed by atoms with E-state index < -0.39 is 0 Å². The first-order chi connectivity index (χ1) is 9.69. The fourth-order valence-electron chi connectivity index (χ4n) is 2.64. The molecule has 102 valence electrons. The van der Waals surface area contributed by atoms with Crippen molar-refractivity contribution >= 4 is 10.9 Å². The number of nitrogens with zero attached hydrogens (tertiary/aromatic N) is 1. The van der Waals surface area contributed by atoms with Crippen molar-refractivity contribution in [2.45, 2.75) is 20.0 Å². The van der Waals surface area contributed by atoms with Crippen LogP contribution in [0.25, 0.3) is 10.9 Å². The minimum atomic E-state index is -0.218. The van der Waals surface area contributed by atoms with Crippen LogP contribution in [0.4, 0.5) is 4.39 Å².